The number of fused-ring (bicyclic) bond motifs is 1. The monoisotopic (exact) mass is 424 g/mol. The van der Waals surface area contributed by atoms with Crippen LogP contribution < -0.4 is 15.0 Å². The molecule has 1 N–H and O–H groups in total. The maximum absolute atomic E-state index is 12.4. The van der Waals surface area contributed by atoms with Crippen molar-refractivity contribution in [1.29, 1.82) is 0 Å². The largest absolute Gasteiger partial charge is 0.482 e. The van der Waals surface area contributed by atoms with E-state index in [0.717, 1.165) is 12.0 Å². The molecule has 0 radical (unpaired) electrons. The molecule has 0 spiro atoms. The number of nitrogens with zero attached hydrogens (tertiary/aromatic N) is 1. The van der Waals surface area contributed by atoms with Crippen LogP contribution in [0.25, 0.3) is 0 Å². The number of ether oxygens (including phenoxy) is 2. The van der Waals surface area contributed by atoms with Crippen LogP contribution in [0, 0.1) is 5.92 Å². The molecule has 0 saturated heterocycles. The molecule has 0 aliphatic carbocycles. The van der Waals surface area contributed by atoms with Gasteiger partial charge in [-0.3, -0.25) is 14.4 Å². The van der Waals surface area contributed by atoms with E-state index in [1.54, 1.807) is 18.2 Å². The van der Waals surface area contributed by atoms with Crippen LogP contribution in [-0.4, -0.2) is 37.5 Å². The summed E-state index contributed by atoms with van der Waals surface area (Å²) >= 11 is 0. The highest BCUT2D eigenvalue weighted by Crippen LogP contribution is 2.31. The van der Waals surface area contributed by atoms with E-state index in [9.17, 15) is 14.4 Å². The number of rotatable bonds is 9. The predicted octanol–water partition coefficient (Wildman–Crippen LogP) is 3.25. The van der Waals surface area contributed by atoms with Crippen LogP contribution in [0.4, 0.5) is 5.69 Å². The number of carbonyl (C=O) groups excluding carboxylic acids is 3. The molecule has 2 aromatic carbocycles. The van der Waals surface area contributed by atoms with Crippen molar-refractivity contribution in [3.63, 3.8) is 0 Å². The quantitative estimate of drug-likeness (QED) is 0.625. The highest BCUT2D eigenvalue weighted by atomic mass is 16.5. The molecule has 1 aliphatic rings. The van der Waals surface area contributed by atoms with Crippen molar-refractivity contribution in [1.82, 2.24) is 5.32 Å². The first kappa shape index (κ1) is 22.3. The molecular weight excluding hydrogens is 396 g/mol. The van der Waals surface area contributed by atoms with Gasteiger partial charge in [0.2, 0.25) is 0 Å². The van der Waals surface area contributed by atoms with E-state index in [-0.39, 0.29) is 44.0 Å². The minimum absolute atomic E-state index is 0.0124. The third kappa shape index (κ3) is 6.31. The Labute approximate surface area is 182 Å². The molecule has 7 nitrogen and oxygen atoms in total. The molecule has 0 fully saturated rings. The zero-order chi connectivity index (χ0) is 22.2. The van der Waals surface area contributed by atoms with Gasteiger partial charge in [-0.15, -0.1) is 0 Å². The first-order valence-electron chi connectivity index (χ1n) is 10.5. The summed E-state index contributed by atoms with van der Waals surface area (Å²) in [5.41, 5.74) is 1.64. The van der Waals surface area contributed by atoms with Crippen LogP contribution >= 0.6 is 0 Å². The summed E-state index contributed by atoms with van der Waals surface area (Å²) in [4.78, 5) is 38.2. The second-order valence-electron chi connectivity index (χ2n) is 7.87. The van der Waals surface area contributed by atoms with E-state index in [0.29, 0.717) is 17.4 Å². The standard InChI is InChI=1S/C24H28N2O5/c1-17(2)14-19(18-8-4-3-5-9-18)25-22(27)15-31-24(29)12-13-26-20-10-6-7-11-21(20)30-16-23(26)28/h3-11,17,19H,12-16H2,1-2H3,(H,25,27). The van der Waals surface area contributed by atoms with Gasteiger partial charge in [-0.1, -0.05) is 56.3 Å². The fourth-order valence-corrected chi connectivity index (χ4v) is 3.49. The zero-order valence-corrected chi connectivity index (χ0v) is 17.9. The number of esters is 1. The number of hydrogen-bond donors (Lipinski definition) is 1. The molecule has 1 atom stereocenters. The smallest absolute Gasteiger partial charge is 0.308 e. The minimum atomic E-state index is -0.535. The minimum Gasteiger partial charge on any atom is -0.482 e. The van der Waals surface area contributed by atoms with E-state index >= 15 is 0 Å². The molecule has 1 unspecified atom stereocenters. The fourth-order valence-electron chi connectivity index (χ4n) is 3.49. The lowest BCUT2D eigenvalue weighted by Crippen LogP contribution is -2.40. The molecule has 164 valence electrons. The van der Waals surface area contributed by atoms with Crippen LogP contribution in [0.15, 0.2) is 54.6 Å². The maximum Gasteiger partial charge on any atom is 0.308 e. The summed E-state index contributed by atoms with van der Waals surface area (Å²) in [5.74, 6) is -0.111. The Bertz CT molecular complexity index is 913. The lowest BCUT2D eigenvalue weighted by molar-refractivity contribution is -0.148. The van der Waals surface area contributed by atoms with Gasteiger partial charge in [0, 0.05) is 6.54 Å². The number of nitrogens with one attached hydrogen (secondary N) is 1. The molecule has 0 aromatic heterocycles. The molecule has 31 heavy (non-hydrogen) atoms. The van der Waals surface area contributed by atoms with Crippen molar-refractivity contribution in [2.75, 3.05) is 24.7 Å². The number of para-hydroxylation sites is 2. The summed E-state index contributed by atoms with van der Waals surface area (Å²) in [7, 11) is 0. The van der Waals surface area contributed by atoms with E-state index in [4.69, 9.17) is 9.47 Å². The van der Waals surface area contributed by atoms with Crippen LogP contribution in [0.5, 0.6) is 5.75 Å². The number of carbonyl (C=O) groups is 3. The van der Waals surface area contributed by atoms with Gasteiger partial charge in [0.1, 0.15) is 5.75 Å². The Morgan fingerprint density at radius 2 is 1.81 bits per heavy atom. The van der Waals surface area contributed by atoms with Crippen molar-refractivity contribution in [3.8, 4) is 5.75 Å². The summed E-state index contributed by atoms with van der Waals surface area (Å²) in [6.07, 6.45) is 0.768. The summed E-state index contributed by atoms with van der Waals surface area (Å²) in [6.45, 7) is 3.93. The third-order valence-corrected chi connectivity index (χ3v) is 4.96. The Morgan fingerprint density at radius 3 is 2.55 bits per heavy atom. The normalized spacial score (nSPS) is 13.9. The van der Waals surface area contributed by atoms with Crippen molar-refractivity contribution < 1.29 is 23.9 Å². The first-order valence-corrected chi connectivity index (χ1v) is 10.5. The maximum atomic E-state index is 12.4. The lowest BCUT2D eigenvalue weighted by Gasteiger charge is -2.29. The molecule has 0 saturated carbocycles. The van der Waals surface area contributed by atoms with Gasteiger partial charge in [0.25, 0.3) is 11.8 Å². The van der Waals surface area contributed by atoms with E-state index in [1.165, 1.54) is 4.90 Å². The van der Waals surface area contributed by atoms with Crippen LogP contribution in [0.3, 0.4) is 0 Å². The third-order valence-electron chi connectivity index (χ3n) is 4.96. The average Bonchev–Trinajstić information content (AvgIpc) is 2.77. The number of hydrogen-bond acceptors (Lipinski definition) is 5. The Kier molecular flexibility index (Phi) is 7.65. The average molecular weight is 424 g/mol. The summed E-state index contributed by atoms with van der Waals surface area (Å²) in [5, 5.41) is 2.95. The van der Waals surface area contributed by atoms with E-state index < -0.39 is 5.97 Å². The topological polar surface area (TPSA) is 84.9 Å². The molecule has 0 bridgehead atoms. The van der Waals surface area contributed by atoms with Gasteiger partial charge < -0.3 is 19.7 Å². The molecule has 1 aliphatic heterocycles. The Morgan fingerprint density at radius 1 is 1.10 bits per heavy atom. The predicted molar refractivity (Wildman–Crippen MR) is 117 cm³/mol. The molecule has 2 aromatic rings. The van der Waals surface area contributed by atoms with Gasteiger partial charge in [-0.05, 0) is 30.0 Å². The summed E-state index contributed by atoms with van der Waals surface area (Å²) in [6, 6.07) is 16.7. The van der Waals surface area contributed by atoms with Gasteiger partial charge in [0.15, 0.2) is 13.2 Å². The number of anilines is 1. The van der Waals surface area contributed by atoms with Crippen molar-refractivity contribution in [2.24, 2.45) is 5.92 Å². The molecule has 3 rings (SSSR count). The van der Waals surface area contributed by atoms with Gasteiger partial charge in [0.05, 0.1) is 18.2 Å². The van der Waals surface area contributed by atoms with Crippen molar-refractivity contribution in [2.45, 2.75) is 32.7 Å². The zero-order valence-electron chi connectivity index (χ0n) is 17.9. The van der Waals surface area contributed by atoms with Gasteiger partial charge in [-0.25, -0.2) is 0 Å². The highest BCUT2D eigenvalue weighted by Gasteiger charge is 2.26. The number of amides is 2. The Balaban J connectivity index is 1.49. The summed E-state index contributed by atoms with van der Waals surface area (Å²) < 4.78 is 10.5. The fraction of sp³-hybridized carbons (Fsp3) is 0.375. The van der Waals surface area contributed by atoms with Crippen LogP contribution in [0.1, 0.15) is 38.3 Å². The van der Waals surface area contributed by atoms with E-state index in [2.05, 4.69) is 19.2 Å². The van der Waals surface area contributed by atoms with E-state index in [1.807, 2.05) is 36.4 Å². The van der Waals surface area contributed by atoms with Crippen LogP contribution in [-0.2, 0) is 19.1 Å². The first-order chi connectivity index (χ1) is 14.9. The highest BCUT2D eigenvalue weighted by molar-refractivity contribution is 5.98. The number of benzene rings is 2. The molecular formula is C24H28N2O5. The SMILES string of the molecule is CC(C)CC(NC(=O)COC(=O)CCN1C(=O)COc2ccccc21)c1ccccc1. The molecule has 1 heterocycles. The van der Waals surface area contributed by atoms with Gasteiger partial charge in [-0.2, -0.15) is 0 Å². The second kappa shape index (κ2) is 10.6. The second-order valence-corrected chi connectivity index (χ2v) is 7.87. The van der Waals surface area contributed by atoms with Crippen molar-refractivity contribution in [3.05, 3.63) is 60.2 Å². The molecule has 2 amide bonds. The van der Waals surface area contributed by atoms with Crippen molar-refractivity contribution >= 4 is 23.5 Å². The Hall–Kier alpha value is -3.35. The lowest BCUT2D eigenvalue weighted by atomic mass is 9.97. The van der Waals surface area contributed by atoms with Gasteiger partial charge >= 0.3 is 5.97 Å². The van der Waals surface area contributed by atoms with Crippen LogP contribution in [0.2, 0.25) is 0 Å². The molecule has 7 heteroatoms.